The summed E-state index contributed by atoms with van der Waals surface area (Å²) >= 11 is 0. The number of piperidine rings is 1. The lowest BCUT2D eigenvalue weighted by Gasteiger charge is -2.29. The highest BCUT2D eigenvalue weighted by Crippen LogP contribution is 2.17. The summed E-state index contributed by atoms with van der Waals surface area (Å²) in [6.45, 7) is 4.18. The third-order valence-corrected chi connectivity index (χ3v) is 4.88. The van der Waals surface area contributed by atoms with Crippen molar-refractivity contribution in [2.45, 2.75) is 32.2 Å². The third-order valence-electron chi connectivity index (χ3n) is 3.26. The van der Waals surface area contributed by atoms with E-state index in [1.54, 1.807) is 7.11 Å². The maximum atomic E-state index is 12.0. The molecule has 7 heteroatoms. The molecule has 0 radical (unpaired) electrons. The summed E-state index contributed by atoms with van der Waals surface area (Å²) in [6, 6.07) is -0.126. The number of rotatable bonds is 7. The minimum Gasteiger partial charge on any atom is -0.383 e. The number of nitrogens with one attached hydrogen (secondary N) is 1. The molecule has 1 heterocycles. The molecule has 0 bridgehead atoms. The first-order valence-electron chi connectivity index (χ1n) is 6.45. The predicted octanol–water partition coefficient (Wildman–Crippen LogP) is -0.0835. The van der Waals surface area contributed by atoms with Crippen LogP contribution in [0.2, 0.25) is 0 Å². The van der Waals surface area contributed by atoms with E-state index >= 15 is 0 Å². The van der Waals surface area contributed by atoms with Crippen molar-refractivity contribution in [3.8, 4) is 0 Å². The second kappa shape index (κ2) is 7.40. The Balaban J connectivity index is 2.31. The zero-order valence-corrected chi connectivity index (χ0v) is 12.1. The summed E-state index contributed by atoms with van der Waals surface area (Å²) in [5.41, 5.74) is 5.74. The van der Waals surface area contributed by atoms with E-state index in [4.69, 9.17) is 10.5 Å². The van der Waals surface area contributed by atoms with E-state index in [-0.39, 0.29) is 6.04 Å². The van der Waals surface area contributed by atoms with Gasteiger partial charge in [0.1, 0.15) is 0 Å². The number of methoxy groups -OCH3 is 1. The zero-order chi connectivity index (χ0) is 13.6. The first-order chi connectivity index (χ1) is 8.45. The van der Waals surface area contributed by atoms with Gasteiger partial charge >= 0.3 is 0 Å². The highest BCUT2D eigenvalue weighted by atomic mass is 32.2. The molecule has 0 aromatic heterocycles. The van der Waals surface area contributed by atoms with E-state index in [0.717, 1.165) is 12.8 Å². The summed E-state index contributed by atoms with van der Waals surface area (Å²) in [6.07, 6.45) is 2.45. The third kappa shape index (κ3) is 5.19. The van der Waals surface area contributed by atoms with Crippen molar-refractivity contribution in [3.05, 3.63) is 0 Å². The van der Waals surface area contributed by atoms with E-state index in [1.165, 1.54) is 4.31 Å². The van der Waals surface area contributed by atoms with Gasteiger partial charge in [-0.2, -0.15) is 12.7 Å². The number of hydrogen-bond donors (Lipinski definition) is 2. The summed E-state index contributed by atoms with van der Waals surface area (Å²) < 4.78 is 33.0. The quantitative estimate of drug-likeness (QED) is 0.682. The van der Waals surface area contributed by atoms with Gasteiger partial charge in [-0.25, -0.2) is 4.72 Å². The van der Waals surface area contributed by atoms with Crippen LogP contribution in [0.15, 0.2) is 0 Å². The van der Waals surface area contributed by atoms with Crippen LogP contribution in [0.3, 0.4) is 0 Å². The normalized spacial score (nSPS) is 21.1. The predicted molar refractivity (Wildman–Crippen MR) is 71.4 cm³/mol. The smallest absolute Gasteiger partial charge is 0.279 e. The molecule has 18 heavy (non-hydrogen) atoms. The van der Waals surface area contributed by atoms with E-state index < -0.39 is 10.2 Å². The minimum atomic E-state index is -3.33. The lowest BCUT2D eigenvalue weighted by Crippen LogP contribution is -2.45. The van der Waals surface area contributed by atoms with Crippen LogP contribution in [-0.4, -0.2) is 52.1 Å². The standard InChI is InChI=1S/C11H25N3O3S/c1-10-4-7-14(8-5-10)18(15,16)13-6-3-11(12)9-17-2/h10-11,13H,3-9,12H2,1-2H3. The zero-order valence-electron chi connectivity index (χ0n) is 11.3. The molecule has 0 aromatic carbocycles. The van der Waals surface area contributed by atoms with E-state index in [9.17, 15) is 8.42 Å². The largest absolute Gasteiger partial charge is 0.383 e. The molecule has 0 spiro atoms. The van der Waals surface area contributed by atoms with Crippen LogP contribution in [0.1, 0.15) is 26.2 Å². The Morgan fingerprint density at radius 2 is 2.06 bits per heavy atom. The van der Waals surface area contributed by atoms with Gasteiger partial charge in [0, 0.05) is 32.8 Å². The number of ether oxygens (including phenoxy) is 1. The second-order valence-electron chi connectivity index (χ2n) is 4.99. The van der Waals surface area contributed by atoms with Crippen LogP contribution >= 0.6 is 0 Å². The fraction of sp³-hybridized carbons (Fsp3) is 1.00. The molecule has 1 aliphatic rings. The first-order valence-corrected chi connectivity index (χ1v) is 7.89. The molecule has 1 unspecified atom stereocenters. The van der Waals surface area contributed by atoms with Crippen molar-refractivity contribution >= 4 is 10.2 Å². The molecule has 0 saturated carbocycles. The Morgan fingerprint density at radius 1 is 1.44 bits per heavy atom. The summed E-state index contributed by atoms with van der Waals surface area (Å²) in [7, 11) is -1.75. The Bertz CT molecular complexity index is 326. The van der Waals surface area contributed by atoms with Gasteiger partial charge in [-0.15, -0.1) is 0 Å². The van der Waals surface area contributed by atoms with Crippen LogP contribution < -0.4 is 10.5 Å². The minimum absolute atomic E-state index is 0.126. The molecule has 0 aromatic rings. The summed E-state index contributed by atoms with van der Waals surface area (Å²) in [5, 5.41) is 0. The summed E-state index contributed by atoms with van der Waals surface area (Å²) in [4.78, 5) is 0. The Hall–Kier alpha value is -0.210. The van der Waals surface area contributed by atoms with Gasteiger partial charge in [-0.3, -0.25) is 0 Å². The van der Waals surface area contributed by atoms with Crippen molar-refractivity contribution in [1.29, 1.82) is 0 Å². The molecule has 1 aliphatic heterocycles. The van der Waals surface area contributed by atoms with Gasteiger partial charge in [-0.1, -0.05) is 6.92 Å². The Labute approximate surface area is 110 Å². The van der Waals surface area contributed by atoms with Crippen LogP contribution in [0.25, 0.3) is 0 Å². The Kier molecular flexibility index (Phi) is 6.51. The molecule has 0 amide bonds. The van der Waals surface area contributed by atoms with Crippen LogP contribution in [-0.2, 0) is 14.9 Å². The fourth-order valence-electron chi connectivity index (χ4n) is 1.99. The van der Waals surface area contributed by atoms with Crippen molar-refractivity contribution in [1.82, 2.24) is 9.03 Å². The maximum absolute atomic E-state index is 12.0. The van der Waals surface area contributed by atoms with Crippen molar-refractivity contribution < 1.29 is 13.2 Å². The molecule has 6 nitrogen and oxygen atoms in total. The molecule has 1 atom stereocenters. The second-order valence-corrected chi connectivity index (χ2v) is 6.74. The number of nitrogens with zero attached hydrogens (tertiary/aromatic N) is 1. The van der Waals surface area contributed by atoms with Gasteiger partial charge < -0.3 is 10.5 Å². The molecule has 1 saturated heterocycles. The molecular weight excluding hydrogens is 254 g/mol. The molecule has 0 aliphatic carbocycles. The van der Waals surface area contributed by atoms with E-state index in [2.05, 4.69) is 11.6 Å². The molecule has 108 valence electrons. The summed E-state index contributed by atoms with van der Waals surface area (Å²) in [5.74, 6) is 0.617. The number of nitrogens with two attached hydrogens (primary N) is 1. The van der Waals surface area contributed by atoms with Gasteiger partial charge in [0.05, 0.1) is 6.61 Å². The molecular formula is C11H25N3O3S. The fourth-order valence-corrected chi connectivity index (χ4v) is 3.24. The van der Waals surface area contributed by atoms with Crippen molar-refractivity contribution in [2.75, 3.05) is 33.4 Å². The highest BCUT2D eigenvalue weighted by molar-refractivity contribution is 7.87. The molecule has 3 N–H and O–H groups in total. The van der Waals surface area contributed by atoms with E-state index in [1.807, 2.05) is 0 Å². The van der Waals surface area contributed by atoms with Crippen LogP contribution in [0.5, 0.6) is 0 Å². The molecule has 1 fully saturated rings. The SMILES string of the molecule is COCC(N)CCNS(=O)(=O)N1CCC(C)CC1. The lowest BCUT2D eigenvalue weighted by molar-refractivity contribution is 0.177. The van der Waals surface area contributed by atoms with Gasteiger partial charge in [-0.05, 0) is 25.2 Å². The first kappa shape index (κ1) is 15.8. The van der Waals surface area contributed by atoms with Gasteiger partial charge in [0.25, 0.3) is 10.2 Å². The van der Waals surface area contributed by atoms with Crippen LogP contribution in [0.4, 0.5) is 0 Å². The van der Waals surface area contributed by atoms with Crippen LogP contribution in [0, 0.1) is 5.92 Å². The average Bonchev–Trinajstić information content (AvgIpc) is 2.29. The Morgan fingerprint density at radius 3 is 2.61 bits per heavy atom. The van der Waals surface area contributed by atoms with Gasteiger partial charge in [0.15, 0.2) is 0 Å². The monoisotopic (exact) mass is 279 g/mol. The lowest BCUT2D eigenvalue weighted by atomic mass is 10.0. The van der Waals surface area contributed by atoms with Crippen molar-refractivity contribution in [2.24, 2.45) is 11.7 Å². The maximum Gasteiger partial charge on any atom is 0.279 e. The van der Waals surface area contributed by atoms with E-state index in [0.29, 0.717) is 38.6 Å². The molecule has 1 rings (SSSR count). The van der Waals surface area contributed by atoms with Crippen molar-refractivity contribution in [3.63, 3.8) is 0 Å². The average molecular weight is 279 g/mol. The van der Waals surface area contributed by atoms with Gasteiger partial charge in [0.2, 0.25) is 0 Å². The topological polar surface area (TPSA) is 84.7 Å². The number of hydrogen-bond acceptors (Lipinski definition) is 4. The highest BCUT2D eigenvalue weighted by Gasteiger charge is 2.25.